The number of aromatic amines is 1. The smallest absolute Gasteiger partial charge is 0.130 e. The monoisotopic (exact) mass is 275 g/mol. The van der Waals surface area contributed by atoms with Crippen LogP contribution in [0, 0.1) is 0 Å². The van der Waals surface area contributed by atoms with E-state index in [1.807, 2.05) is 24.4 Å². The van der Waals surface area contributed by atoms with Gasteiger partial charge in [-0.05, 0) is 37.5 Å². The van der Waals surface area contributed by atoms with Gasteiger partial charge in [0, 0.05) is 22.7 Å². The molecule has 0 spiro atoms. The number of hydrogen-bond donors (Lipinski definition) is 3. The van der Waals surface area contributed by atoms with E-state index in [0.29, 0.717) is 0 Å². The van der Waals surface area contributed by atoms with E-state index in [1.54, 1.807) is 7.11 Å². The van der Waals surface area contributed by atoms with Crippen molar-refractivity contribution in [3.8, 4) is 5.75 Å². The third-order valence-corrected chi connectivity index (χ3v) is 4.32. The summed E-state index contributed by atoms with van der Waals surface area (Å²) in [5.74, 6) is 0.830. The number of likely N-dealkylation sites (tertiary alicyclic amines) is 1. The molecule has 2 aromatic rings. The van der Waals surface area contributed by atoms with Crippen LogP contribution in [0.25, 0.3) is 10.9 Å². The molecule has 0 radical (unpaired) electrons. The van der Waals surface area contributed by atoms with Gasteiger partial charge in [0.2, 0.25) is 0 Å². The van der Waals surface area contributed by atoms with Crippen molar-refractivity contribution in [1.29, 1.82) is 0 Å². The van der Waals surface area contributed by atoms with Crippen LogP contribution in [0.2, 0.25) is 0 Å². The molecule has 4 nitrogen and oxygen atoms in total. The molecule has 1 fully saturated rings. The summed E-state index contributed by atoms with van der Waals surface area (Å²) in [5.41, 5.74) is 2.03. The summed E-state index contributed by atoms with van der Waals surface area (Å²) in [4.78, 5) is 4.75. The van der Waals surface area contributed by atoms with Gasteiger partial charge < -0.3 is 19.7 Å². The molecule has 1 saturated heterocycles. The molecular weight excluding hydrogens is 252 g/mol. The third kappa shape index (κ3) is 2.67. The van der Waals surface area contributed by atoms with Crippen molar-refractivity contribution in [3.05, 3.63) is 30.0 Å². The van der Waals surface area contributed by atoms with Gasteiger partial charge in [0.05, 0.1) is 20.2 Å². The lowest BCUT2D eigenvalue weighted by Crippen LogP contribution is -3.13. The van der Waals surface area contributed by atoms with E-state index < -0.39 is 6.10 Å². The zero-order chi connectivity index (χ0) is 13.9. The first kappa shape index (κ1) is 13.5. The Morgan fingerprint density at radius 2 is 2.10 bits per heavy atom. The second-order valence-electron chi connectivity index (χ2n) is 5.69. The van der Waals surface area contributed by atoms with E-state index in [4.69, 9.17) is 4.74 Å². The van der Waals surface area contributed by atoms with Crippen LogP contribution >= 0.6 is 0 Å². The molecule has 3 N–H and O–H groups in total. The molecule has 0 bridgehead atoms. The molecule has 0 unspecified atom stereocenters. The summed E-state index contributed by atoms with van der Waals surface area (Å²) >= 11 is 0. The van der Waals surface area contributed by atoms with Gasteiger partial charge >= 0.3 is 0 Å². The molecule has 0 aliphatic carbocycles. The fourth-order valence-electron chi connectivity index (χ4n) is 3.16. The Bertz CT molecular complexity index is 573. The van der Waals surface area contributed by atoms with Crippen LogP contribution in [0.15, 0.2) is 24.4 Å². The molecule has 108 valence electrons. The Kier molecular flexibility index (Phi) is 3.94. The highest BCUT2D eigenvalue weighted by molar-refractivity contribution is 5.85. The van der Waals surface area contributed by atoms with Gasteiger partial charge in [0.25, 0.3) is 0 Å². The van der Waals surface area contributed by atoms with Crippen molar-refractivity contribution in [2.75, 3.05) is 26.7 Å². The molecule has 20 heavy (non-hydrogen) atoms. The third-order valence-electron chi connectivity index (χ3n) is 4.32. The first-order valence-corrected chi connectivity index (χ1v) is 7.44. The lowest BCUT2D eigenvalue weighted by molar-refractivity contribution is -0.908. The van der Waals surface area contributed by atoms with Gasteiger partial charge in [-0.15, -0.1) is 0 Å². The minimum absolute atomic E-state index is 0.413. The number of aliphatic hydroxyl groups is 1. The average Bonchev–Trinajstić information content (AvgIpc) is 2.91. The molecule has 0 saturated carbocycles. The highest BCUT2D eigenvalue weighted by Crippen LogP contribution is 2.27. The maximum absolute atomic E-state index is 10.5. The normalized spacial score (nSPS) is 18.3. The first-order valence-electron chi connectivity index (χ1n) is 7.44. The SMILES string of the molecule is COc1ccc2[nH]cc([C@H](O)C[NH+]3CCCCC3)c2c1. The number of aromatic nitrogens is 1. The van der Waals surface area contributed by atoms with Crippen molar-refractivity contribution < 1.29 is 14.7 Å². The lowest BCUT2D eigenvalue weighted by atomic mass is 10.1. The Morgan fingerprint density at radius 1 is 1.30 bits per heavy atom. The number of aliphatic hydroxyl groups excluding tert-OH is 1. The fourth-order valence-corrected chi connectivity index (χ4v) is 3.16. The Hall–Kier alpha value is -1.52. The fraction of sp³-hybridized carbons (Fsp3) is 0.500. The van der Waals surface area contributed by atoms with Crippen LogP contribution in [0.5, 0.6) is 5.75 Å². The number of nitrogens with one attached hydrogen (secondary N) is 2. The van der Waals surface area contributed by atoms with Crippen molar-refractivity contribution in [1.82, 2.24) is 4.98 Å². The van der Waals surface area contributed by atoms with Crippen LogP contribution in [0.1, 0.15) is 30.9 Å². The summed E-state index contributed by atoms with van der Waals surface area (Å²) in [6.07, 6.45) is 5.42. The number of ether oxygens (including phenoxy) is 1. The van der Waals surface area contributed by atoms with E-state index in [-0.39, 0.29) is 0 Å². The van der Waals surface area contributed by atoms with Crippen molar-refractivity contribution >= 4 is 10.9 Å². The highest BCUT2D eigenvalue weighted by atomic mass is 16.5. The zero-order valence-corrected chi connectivity index (χ0v) is 12.0. The van der Waals surface area contributed by atoms with Crippen LogP contribution in [-0.4, -0.2) is 36.8 Å². The molecule has 4 heteroatoms. The molecule has 2 heterocycles. The van der Waals surface area contributed by atoms with Crippen molar-refractivity contribution in [3.63, 3.8) is 0 Å². The quantitative estimate of drug-likeness (QED) is 0.787. The molecule has 1 aliphatic rings. The van der Waals surface area contributed by atoms with E-state index in [2.05, 4.69) is 4.98 Å². The molecule has 1 aliphatic heterocycles. The van der Waals surface area contributed by atoms with Gasteiger partial charge in [-0.3, -0.25) is 0 Å². The van der Waals surface area contributed by atoms with E-state index in [0.717, 1.165) is 28.8 Å². The van der Waals surface area contributed by atoms with Gasteiger partial charge in [-0.25, -0.2) is 0 Å². The summed E-state index contributed by atoms with van der Waals surface area (Å²) in [6.45, 7) is 3.16. The number of H-pyrrole nitrogens is 1. The maximum atomic E-state index is 10.5. The Balaban J connectivity index is 1.81. The van der Waals surface area contributed by atoms with Crippen molar-refractivity contribution in [2.45, 2.75) is 25.4 Å². The van der Waals surface area contributed by atoms with Gasteiger partial charge in [-0.2, -0.15) is 0 Å². The zero-order valence-electron chi connectivity index (χ0n) is 12.0. The largest absolute Gasteiger partial charge is 0.497 e. The topological polar surface area (TPSA) is 49.7 Å². The standard InChI is InChI=1S/C16H22N2O2/c1-20-12-5-6-15-13(9-12)14(10-17-15)16(19)11-18-7-3-2-4-8-18/h5-6,9-10,16-17,19H,2-4,7-8,11H2,1H3/p+1/t16-/m1/s1. The molecule has 1 aromatic carbocycles. The number of benzene rings is 1. The molecule has 1 atom stereocenters. The van der Waals surface area contributed by atoms with Gasteiger partial charge in [-0.1, -0.05) is 0 Å². The molecule has 0 amide bonds. The van der Waals surface area contributed by atoms with E-state index in [1.165, 1.54) is 37.3 Å². The van der Waals surface area contributed by atoms with Crippen LogP contribution in [0.3, 0.4) is 0 Å². The van der Waals surface area contributed by atoms with E-state index >= 15 is 0 Å². The van der Waals surface area contributed by atoms with Crippen LogP contribution in [-0.2, 0) is 0 Å². The first-order chi connectivity index (χ1) is 9.78. The number of quaternary nitrogens is 1. The number of rotatable bonds is 4. The van der Waals surface area contributed by atoms with Gasteiger partial charge in [0.1, 0.15) is 18.4 Å². The average molecular weight is 275 g/mol. The predicted molar refractivity (Wildman–Crippen MR) is 79.2 cm³/mol. The molecular formula is C16H23N2O2+. The number of piperidine rings is 1. The van der Waals surface area contributed by atoms with Crippen molar-refractivity contribution in [2.24, 2.45) is 0 Å². The highest BCUT2D eigenvalue weighted by Gasteiger charge is 2.21. The number of hydrogen-bond acceptors (Lipinski definition) is 2. The summed E-state index contributed by atoms with van der Waals surface area (Å²) < 4.78 is 5.28. The minimum atomic E-state index is -0.413. The Labute approximate surface area is 119 Å². The molecule has 3 rings (SSSR count). The lowest BCUT2D eigenvalue weighted by Gasteiger charge is -2.25. The number of fused-ring (bicyclic) bond motifs is 1. The van der Waals surface area contributed by atoms with Gasteiger partial charge in [0.15, 0.2) is 0 Å². The summed E-state index contributed by atoms with van der Waals surface area (Å²) in [6, 6.07) is 5.93. The summed E-state index contributed by atoms with van der Waals surface area (Å²) in [7, 11) is 1.67. The van der Waals surface area contributed by atoms with E-state index in [9.17, 15) is 5.11 Å². The van der Waals surface area contributed by atoms with Crippen LogP contribution in [0.4, 0.5) is 0 Å². The predicted octanol–water partition coefficient (Wildman–Crippen LogP) is 1.28. The maximum Gasteiger partial charge on any atom is 0.130 e. The minimum Gasteiger partial charge on any atom is -0.497 e. The molecule has 1 aromatic heterocycles. The second-order valence-corrected chi connectivity index (χ2v) is 5.69. The Morgan fingerprint density at radius 3 is 2.85 bits per heavy atom. The second kappa shape index (κ2) is 5.85. The summed E-state index contributed by atoms with van der Waals surface area (Å²) in [5, 5.41) is 11.6. The number of methoxy groups -OCH3 is 1. The van der Waals surface area contributed by atoms with Crippen LogP contribution < -0.4 is 9.64 Å².